The molecule has 0 radical (unpaired) electrons. The zero-order chi connectivity index (χ0) is 16.0. The predicted molar refractivity (Wildman–Crippen MR) is 81.3 cm³/mol. The van der Waals surface area contributed by atoms with Gasteiger partial charge in [-0.05, 0) is 41.0 Å². The third-order valence-corrected chi connectivity index (χ3v) is 3.30. The molecule has 6 nitrogen and oxygen atoms in total. The van der Waals surface area contributed by atoms with Crippen LogP contribution in [0.3, 0.4) is 0 Å². The molecule has 1 fully saturated rings. The molecule has 0 aromatic rings. The third kappa shape index (κ3) is 7.11. The van der Waals surface area contributed by atoms with Gasteiger partial charge in [0.2, 0.25) is 0 Å². The lowest BCUT2D eigenvalue weighted by Crippen LogP contribution is -2.45. The topological polar surface area (TPSA) is 71.0 Å². The second-order valence-electron chi connectivity index (χ2n) is 6.70. The summed E-state index contributed by atoms with van der Waals surface area (Å²) >= 11 is 0. The molecule has 3 unspecified atom stereocenters. The van der Waals surface area contributed by atoms with Gasteiger partial charge in [-0.1, -0.05) is 0 Å². The minimum absolute atomic E-state index is 0.205. The van der Waals surface area contributed by atoms with Gasteiger partial charge in [0, 0.05) is 32.3 Å². The number of aliphatic hydroxyl groups is 1. The van der Waals surface area contributed by atoms with Crippen molar-refractivity contribution in [3.63, 3.8) is 0 Å². The van der Waals surface area contributed by atoms with Gasteiger partial charge in [0.1, 0.15) is 5.60 Å². The summed E-state index contributed by atoms with van der Waals surface area (Å²) in [6.07, 6.45) is 0.230. The van der Waals surface area contributed by atoms with Gasteiger partial charge in [-0.2, -0.15) is 0 Å². The normalized spacial score (nSPS) is 23.9. The van der Waals surface area contributed by atoms with Gasteiger partial charge in [-0.3, -0.25) is 0 Å². The quantitative estimate of drug-likeness (QED) is 0.775. The van der Waals surface area contributed by atoms with E-state index in [4.69, 9.17) is 9.47 Å². The summed E-state index contributed by atoms with van der Waals surface area (Å²) in [5, 5.41) is 12.9. The summed E-state index contributed by atoms with van der Waals surface area (Å²) in [6.45, 7) is 11.4. The lowest BCUT2D eigenvalue weighted by atomic mass is 10.1. The van der Waals surface area contributed by atoms with E-state index >= 15 is 0 Å². The average Bonchev–Trinajstić information content (AvgIpc) is 2.71. The van der Waals surface area contributed by atoms with Crippen molar-refractivity contribution in [2.24, 2.45) is 0 Å². The van der Waals surface area contributed by atoms with Crippen LogP contribution in [0.2, 0.25) is 0 Å². The molecule has 0 spiro atoms. The number of carbonyl (C=O) groups excluding carboxylic acids is 1. The van der Waals surface area contributed by atoms with Gasteiger partial charge in [0.15, 0.2) is 0 Å². The Kier molecular flexibility index (Phi) is 6.90. The summed E-state index contributed by atoms with van der Waals surface area (Å²) in [5.74, 6) is 0. The Bertz CT molecular complexity index is 328. The number of nitrogens with zero attached hydrogens (tertiary/aromatic N) is 1. The Hall–Kier alpha value is -0.850. The van der Waals surface area contributed by atoms with Crippen LogP contribution in [-0.4, -0.2) is 66.2 Å². The second kappa shape index (κ2) is 7.96. The van der Waals surface area contributed by atoms with Crippen LogP contribution in [0, 0.1) is 0 Å². The summed E-state index contributed by atoms with van der Waals surface area (Å²) in [7, 11) is 0. The van der Waals surface area contributed by atoms with Gasteiger partial charge in [-0.15, -0.1) is 0 Å². The van der Waals surface area contributed by atoms with Gasteiger partial charge in [0.25, 0.3) is 0 Å². The standard InChI is InChI=1S/C15H30N2O4/c1-11(18)10-17(14(19)21-15(3,4)5)8-7-16-13-6-9-20-12(13)2/h11-13,16,18H,6-10H2,1-5H3. The smallest absolute Gasteiger partial charge is 0.410 e. The maximum Gasteiger partial charge on any atom is 0.410 e. The van der Waals surface area contributed by atoms with Crippen molar-refractivity contribution in [3.05, 3.63) is 0 Å². The molecule has 1 heterocycles. The van der Waals surface area contributed by atoms with Crippen molar-refractivity contribution in [3.8, 4) is 0 Å². The first-order chi connectivity index (χ1) is 9.69. The molecular formula is C15H30N2O4. The highest BCUT2D eigenvalue weighted by Gasteiger charge is 2.25. The summed E-state index contributed by atoms with van der Waals surface area (Å²) in [4.78, 5) is 13.7. The van der Waals surface area contributed by atoms with E-state index in [9.17, 15) is 9.90 Å². The Balaban J connectivity index is 2.43. The molecule has 1 saturated heterocycles. The Morgan fingerprint density at radius 2 is 2.19 bits per heavy atom. The van der Waals surface area contributed by atoms with Gasteiger partial charge < -0.3 is 24.8 Å². The number of ether oxygens (including phenoxy) is 2. The van der Waals surface area contributed by atoms with E-state index in [0.29, 0.717) is 19.1 Å². The Morgan fingerprint density at radius 3 is 2.67 bits per heavy atom. The highest BCUT2D eigenvalue weighted by molar-refractivity contribution is 5.68. The zero-order valence-electron chi connectivity index (χ0n) is 13.9. The molecule has 0 bridgehead atoms. The maximum atomic E-state index is 12.1. The van der Waals surface area contributed by atoms with Crippen LogP contribution >= 0.6 is 0 Å². The fourth-order valence-corrected chi connectivity index (χ4v) is 2.29. The van der Waals surface area contributed by atoms with Crippen molar-refractivity contribution in [1.82, 2.24) is 10.2 Å². The highest BCUT2D eigenvalue weighted by Crippen LogP contribution is 2.13. The molecule has 124 valence electrons. The lowest BCUT2D eigenvalue weighted by Gasteiger charge is -2.29. The molecule has 1 rings (SSSR count). The largest absolute Gasteiger partial charge is 0.444 e. The molecular weight excluding hydrogens is 272 g/mol. The SMILES string of the molecule is CC(O)CN(CCNC1CCOC1C)C(=O)OC(C)(C)C. The van der Waals surface area contributed by atoms with E-state index in [-0.39, 0.29) is 18.7 Å². The number of hydrogen-bond donors (Lipinski definition) is 2. The molecule has 1 aliphatic heterocycles. The minimum Gasteiger partial charge on any atom is -0.444 e. The van der Waals surface area contributed by atoms with Gasteiger partial charge in [-0.25, -0.2) is 4.79 Å². The fraction of sp³-hybridized carbons (Fsp3) is 0.933. The number of rotatable bonds is 6. The highest BCUT2D eigenvalue weighted by atomic mass is 16.6. The van der Waals surface area contributed by atoms with Crippen molar-refractivity contribution in [2.45, 2.75) is 64.9 Å². The summed E-state index contributed by atoms with van der Waals surface area (Å²) in [5.41, 5.74) is -0.532. The van der Waals surface area contributed by atoms with Crippen LogP contribution in [0.15, 0.2) is 0 Å². The van der Waals surface area contributed by atoms with Crippen LogP contribution in [0.1, 0.15) is 41.0 Å². The third-order valence-electron chi connectivity index (χ3n) is 3.30. The van der Waals surface area contributed by atoms with E-state index in [1.807, 2.05) is 27.7 Å². The van der Waals surface area contributed by atoms with Crippen LogP contribution in [0.5, 0.6) is 0 Å². The number of amides is 1. The van der Waals surface area contributed by atoms with Crippen LogP contribution in [0.25, 0.3) is 0 Å². The van der Waals surface area contributed by atoms with Crippen LogP contribution < -0.4 is 5.32 Å². The number of carbonyl (C=O) groups is 1. The lowest BCUT2D eigenvalue weighted by molar-refractivity contribution is 0.0161. The Labute approximate surface area is 127 Å². The van der Waals surface area contributed by atoms with Crippen molar-refractivity contribution in [1.29, 1.82) is 0 Å². The molecule has 21 heavy (non-hydrogen) atoms. The first kappa shape index (κ1) is 18.2. The van der Waals surface area contributed by atoms with Gasteiger partial charge in [0.05, 0.1) is 12.2 Å². The van der Waals surface area contributed by atoms with Gasteiger partial charge >= 0.3 is 6.09 Å². The maximum absolute atomic E-state index is 12.1. The molecule has 1 amide bonds. The van der Waals surface area contributed by atoms with Crippen molar-refractivity contribution >= 4 is 6.09 Å². The van der Waals surface area contributed by atoms with E-state index < -0.39 is 11.7 Å². The van der Waals surface area contributed by atoms with E-state index in [0.717, 1.165) is 13.0 Å². The van der Waals surface area contributed by atoms with Crippen LogP contribution in [0.4, 0.5) is 4.79 Å². The first-order valence-corrected chi connectivity index (χ1v) is 7.70. The van der Waals surface area contributed by atoms with Crippen molar-refractivity contribution in [2.75, 3.05) is 26.2 Å². The zero-order valence-corrected chi connectivity index (χ0v) is 13.9. The average molecular weight is 302 g/mol. The summed E-state index contributed by atoms with van der Waals surface area (Å²) < 4.78 is 10.9. The first-order valence-electron chi connectivity index (χ1n) is 7.70. The molecule has 0 aromatic heterocycles. The fourth-order valence-electron chi connectivity index (χ4n) is 2.29. The molecule has 0 saturated carbocycles. The molecule has 0 aliphatic carbocycles. The molecule has 3 atom stereocenters. The molecule has 2 N–H and O–H groups in total. The molecule has 6 heteroatoms. The van der Waals surface area contributed by atoms with E-state index in [1.54, 1.807) is 11.8 Å². The second-order valence-corrected chi connectivity index (χ2v) is 6.70. The molecule has 0 aromatic carbocycles. The van der Waals surface area contributed by atoms with E-state index in [1.165, 1.54) is 0 Å². The number of nitrogens with one attached hydrogen (secondary N) is 1. The number of aliphatic hydroxyl groups excluding tert-OH is 1. The van der Waals surface area contributed by atoms with Crippen molar-refractivity contribution < 1.29 is 19.4 Å². The predicted octanol–water partition coefficient (Wildman–Crippen LogP) is 1.37. The monoisotopic (exact) mass is 302 g/mol. The van der Waals surface area contributed by atoms with E-state index in [2.05, 4.69) is 5.32 Å². The number of hydrogen-bond acceptors (Lipinski definition) is 5. The molecule has 1 aliphatic rings. The van der Waals surface area contributed by atoms with Crippen LogP contribution in [-0.2, 0) is 9.47 Å². The minimum atomic E-state index is -0.578. The Morgan fingerprint density at radius 1 is 1.52 bits per heavy atom. The summed E-state index contributed by atoms with van der Waals surface area (Å²) in [6, 6.07) is 0.331.